The number of aliphatic imine (C=N–C) groups is 1. The van der Waals surface area contributed by atoms with Gasteiger partial charge in [-0.25, -0.2) is 4.99 Å². The minimum atomic E-state index is 0.0207. The molecule has 0 unspecified atom stereocenters. The molecule has 132 valence electrons. The molecular formula is C20H24ClN3O. The Morgan fingerprint density at radius 1 is 1.20 bits per heavy atom. The Kier molecular flexibility index (Phi) is 6.59. The largest absolute Gasteiger partial charge is 0.366 e. The first-order valence-electron chi connectivity index (χ1n) is 8.40. The molecule has 0 aliphatic carbocycles. The van der Waals surface area contributed by atoms with Crippen LogP contribution in [0, 0.1) is 6.92 Å². The summed E-state index contributed by atoms with van der Waals surface area (Å²) in [5.74, 6) is 0.0207. The molecule has 0 saturated heterocycles. The Labute approximate surface area is 154 Å². The molecule has 0 aliphatic heterocycles. The zero-order valence-corrected chi connectivity index (χ0v) is 15.9. The van der Waals surface area contributed by atoms with E-state index in [0.29, 0.717) is 17.1 Å². The lowest BCUT2D eigenvalue weighted by atomic mass is 10.1. The van der Waals surface area contributed by atoms with Gasteiger partial charge in [0.15, 0.2) is 0 Å². The minimum Gasteiger partial charge on any atom is -0.366 e. The maximum atomic E-state index is 12.6. The van der Waals surface area contributed by atoms with Gasteiger partial charge in [-0.05, 0) is 43.7 Å². The van der Waals surface area contributed by atoms with E-state index in [2.05, 4.69) is 11.9 Å². The number of carbonyl (C=O) groups excluding carboxylic acids is 1. The van der Waals surface area contributed by atoms with Crippen molar-refractivity contribution in [3.63, 3.8) is 0 Å². The zero-order chi connectivity index (χ0) is 18.4. The van der Waals surface area contributed by atoms with Gasteiger partial charge in [-0.15, -0.1) is 0 Å². The molecule has 0 spiro atoms. The molecule has 0 saturated carbocycles. The Balaban J connectivity index is 2.47. The maximum absolute atomic E-state index is 12.6. The second-order valence-corrected chi connectivity index (χ2v) is 6.23. The van der Waals surface area contributed by atoms with Crippen LogP contribution in [0.4, 0.5) is 17.1 Å². The first-order valence-corrected chi connectivity index (χ1v) is 8.78. The fourth-order valence-corrected chi connectivity index (χ4v) is 2.60. The first-order chi connectivity index (χ1) is 12.0. The number of para-hydroxylation sites is 1. The van der Waals surface area contributed by atoms with E-state index < -0.39 is 0 Å². The van der Waals surface area contributed by atoms with E-state index in [1.807, 2.05) is 68.3 Å². The molecule has 0 aliphatic rings. The SMILES string of the molecule is CCC(=O)N(c1ccccc1)c1cc(Cl)c(/N=C/N(C)CC)cc1C. The Morgan fingerprint density at radius 3 is 2.48 bits per heavy atom. The summed E-state index contributed by atoms with van der Waals surface area (Å²) in [4.78, 5) is 20.7. The summed E-state index contributed by atoms with van der Waals surface area (Å²) in [7, 11) is 1.95. The predicted molar refractivity (Wildman–Crippen MR) is 107 cm³/mol. The van der Waals surface area contributed by atoms with Gasteiger partial charge in [-0.1, -0.05) is 36.7 Å². The second kappa shape index (κ2) is 8.67. The Hall–Kier alpha value is -2.33. The van der Waals surface area contributed by atoms with Gasteiger partial charge in [0.2, 0.25) is 5.91 Å². The third-order valence-electron chi connectivity index (χ3n) is 3.97. The smallest absolute Gasteiger partial charge is 0.231 e. The lowest BCUT2D eigenvalue weighted by molar-refractivity contribution is -0.117. The molecule has 1 amide bonds. The van der Waals surface area contributed by atoms with Gasteiger partial charge in [0.1, 0.15) is 0 Å². The fourth-order valence-electron chi connectivity index (χ4n) is 2.39. The van der Waals surface area contributed by atoms with Gasteiger partial charge in [0.05, 0.1) is 22.7 Å². The summed E-state index contributed by atoms with van der Waals surface area (Å²) in [6.45, 7) is 6.74. The molecule has 0 N–H and O–H groups in total. The molecule has 0 fully saturated rings. The van der Waals surface area contributed by atoms with Crippen LogP contribution < -0.4 is 4.90 Å². The molecule has 4 nitrogen and oxygen atoms in total. The van der Waals surface area contributed by atoms with E-state index in [0.717, 1.165) is 23.5 Å². The second-order valence-electron chi connectivity index (χ2n) is 5.83. The molecule has 0 atom stereocenters. The number of halogens is 1. The molecule has 5 heteroatoms. The molecule has 0 radical (unpaired) electrons. The molecule has 2 aromatic rings. The number of hydrogen-bond acceptors (Lipinski definition) is 2. The van der Waals surface area contributed by atoms with E-state index in [1.54, 1.807) is 11.2 Å². The molecule has 0 bridgehead atoms. The maximum Gasteiger partial charge on any atom is 0.231 e. The van der Waals surface area contributed by atoms with Crippen molar-refractivity contribution in [2.45, 2.75) is 27.2 Å². The van der Waals surface area contributed by atoms with Crippen LogP contribution in [-0.2, 0) is 4.79 Å². The van der Waals surface area contributed by atoms with E-state index in [-0.39, 0.29) is 5.91 Å². The van der Waals surface area contributed by atoms with Crippen LogP contribution in [0.2, 0.25) is 5.02 Å². The summed E-state index contributed by atoms with van der Waals surface area (Å²) < 4.78 is 0. The average molecular weight is 358 g/mol. The lowest BCUT2D eigenvalue weighted by Gasteiger charge is -2.25. The topological polar surface area (TPSA) is 35.9 Å². The van der Waals surface area contributed by atoms with Gasteiger partial charge in [0, 0.05) is 25.7 Å². The van der Waals surface area contributed by atoms with E-state index in [1.165, 1.54) is 0 Å². The highest BCUT2D eigenvalue weighted by molar-refractivity contribution is 6.33. The van der Waals surface area contributed by atoms with Gasteiger partial charge in [0.25, 0.3) is 0 Å². The first kappa shape index (κ1) is 19.0. The van der Waals surface area contributed by atoms with Crippen molar-refractivity contribution in [2.75, 3.05) is 18.5 Å². The number of aryl methyl sites for hydroxylation is 1. The van der Waals surface area contributed by atoms with Crippen molar-refractivity contribution in [3.05, 3.63) is 53.1 Å². The summed E-state index contributed by atoms with van der Waals surface area (Å²) in [5.41, 5.74) is 3.25. The molecule has 0 heterocycles. The molecular weight excluding hydrogens is 334 g/mol. The molecule has 0 aromatic heterocycles. The minimum absolute atomic E-state index is 0.0207. The summed E-state index contributed by atoms with van der Waals surface area (Å²) in [5, 5.41) is 0.520. The van der Waals surface area contributed by atoms with Gasteiger partial charge >= 0.3 is 0 Å². The van der Waals surface area contributed by atoms with Crippen LogP contribution in [-0.4, -0.2) is 30.7 Å². The van der Waals surface area contributed by atoms with Crippen LogP contribution in [0.15, 0.2) is 47.5 Å². The van der Waals surface area contributed by atoms with Crippen molar-refractivity contribution >= 4 is 40.9 Å². The van der Waals surface area contributed by atoms with Crippen molar-refractivity contribution in [2.24, 2.45) is 4.99 Å². The van der Waals surface area contributed by atoms with E-state index in [9.17, 15) is 4.79 Å². The Morgan fingerprint density at radius 2 is 1.88 bits per heavy atom. The van der Waals surface area contributed by atoms with Crippen molar-refractivity contribution in [3.8, 4) is 0 Å². The number of hydrogen-bond donors (Lipinski definition) is 0. The normalized spacial score (nSPS) is 10.9. The third-order valence-corrected chi connectivity index (χ3v) is 4.27. The fraction of sp³-hybridized carbons (Fsp3) is 0.300. The van der Waals surface area contributed by atoms with Crippen LogP contribution in [0.25, 0.3) is 0 Å². The van der Waals surface area contributed by atoms with Crippen LogP contribution in [0.1, 0.15) is 25.8 Å². The van der Waals surface area contributed by atoms with E-state index in [4.69, 9.17) is 11.6 Å². The number of carbonyl (C=O) groups is 1. The summed E-state index contributed by atoms with van der Waals surface area (Å²) >= 11 is 6.44. The van der Waals surface area contributed by atoms with E-state index >= 15 is 0 Å². The standard InChI is InChI=1S/C20H24ClN3O/c1-5-20(25)24(16-10-8-7-9-11-16)19-13-17(21)18(12-15(19)3)22-14-23(4)6-2/h7-14H,5-6H2,1-4H3/b22-14+. The highest BCUT2D eigenvalue weighted by Crippen LogP contribution is 2.36. The highest BCUT2D eigenvalue weighted by atomic mass is 35.5. The lowest BCUT2D eigenvalue weighted by Crippen LogP contribution is -2.25. The molecule has 2 aromatic carbocycles. The van der Waals surface area contributed by atoms with Crippen LogP contribution >= 0.6 is 11.6 Å². The van der Waals surface area contributed by atoms with Crippen molar-refractivity contribution in [1.82, 2.24) is 4.90 Å². The van der Waals surface area contributed by atoms with Crippen molar-refractivity contribution < 1.29 is 4.79 Å². The van der Waals surface area contributed by atoms with Crippen LogP contribution in [0.3, 0.4) is 0 Å². The van der Waals surface area contributed by atoms with Crippen LogP contribution in [0.5, 0.6) is 0 Å². The zero-order valence-electron chi connectivity index (χ0n) is 15.2. The highest BCUT2D eigenvalue weighted by Gasteiger charge is 2.19. The summed E-state index contributed by atoms with van der Waals surface area (Å²) in [6.07, 6.45) is 2.17. The number of rotatable bonds is 6. The average Bonchev–Trinajstić information content (AvgIpc) is 2.63. The quantitative estimate of drug-likeness (QED) is 0.517. The predicted octanol–water partition coefficient (Wildman–Crippen LogP) is 5.33. The number of nitrogens with zero attached hydrogens (tertiary/aromatic N) is 3. The molecule has 2 rings (SSSR count). The molecule has 25 heavy (non-hydrogen) atoms. The van der Waals surface area contributed by atoms with Gasteiger partial charge in [-0.3, -0.25) is 9.69 Å². The van der Waals surface area contributed by atoms with Gasteiger partial charge < -0.3 is 4.90 Å². The number of amides is 1. The van der Waals surface area contributed by atoms with Crippen molar-refractivity contribution in [1.29, 1.82) is 0 Å². The number of anilines is 2. The Bertz CT molecular complexity index is 759. The van der Waals surface area contributed by atoms with Gasteiger partial charge in [-0.2, -0.15) is 0 Å². The third kappa shape index (κ3) is 4.60. The summed E-state index contributed by atoms with van der Waals surface area (Å²) in [6, 6.07) is 13.3. The number of benzene rings is 2. The monoisotopic (exact) mass is 357 g/mol.